The number of thioether (sulfide) groups is 1. The number of hydrogen-bond acceptors (Lipinski definition) is 4. The van der Waals surface area contributed by atoms with Crippen molar-refractivity contribution in [2.45, 2.75) is 6.54 Å². The molecule has 3 rings (SSSR count). The van der Waals surface area contributed by atoms with E-state index in [9.17, 15) is 4.79 Å². The minimum atomic E-state index is -0.314. The SMILES string of the molecule is COc1ccc2sc(=NC(=O)/C=C/c3ccccc3Cl)n(CCSC)c2c1. The maximum Gasteiger partial charge on any atom is 0.272 e. The summed E-state index contributed by atoms with van der Waals surface area (Å²) in [5.74, 6) is 1.40. The zero-order valence-corrected chi connectivity index (χ0v) is 17.4. The van der Waals surface area contributed by atoms with E-state index < -0.39 is 0 Å². The highest BCUT2D eigenvalue weighted by molar-refractivity contribution is 7.98. The van der Waals surface area contributed by atoms with Crippen molar-refractivity contribution in [3.8, 4) is 5.75 Å². The molecule has 0 aliphatic carbocycles. The Labute approximate surface area is 171 Å². The van der Waals surface area contributed by atoms with Gasteiger partial charge in [-0.2, -0.15) is 16.8 Å². The van der Waals surface area contributed by atoms with Crippen LogP contribution >= 0.6 is 34.7 Å². The predicted molar refractivity (Wildman–Crippen MR) is 116 cm³/mol. The Morgan fingerprint density at radius 3 is 2.89 bits per heavy atom. The summed E-state index contributed by atoms with van der Waals surface area (Å²) in [5, 5.41) is 0.602. The first kappa shape index (κ1) is 19.7. The van der Waals surface area contributed by atoms with Crippen LogP contribution in [0.5, 0.6) is 5.75 Å². The number of rotatable bonds is 6. The second-order valence-corrected chi connectivity index (χ2v) is 8.07. The predicted octanol–water partition coefficient (Wildman–Crippen LogP) is 4.87. The first-order valence-corrected chi connectivity index (χ1v) is 10.9. The number of fused-ring (bicyclic) bond motifs is 1. The third-order valence-corrected chi connectivity index (χ3v) is 5.92. The molecule has 0 fully saturated rings. The highest BCUT2D eigenvalue weighted by Crippen LogP contribution is 2.23. The molecule has 0 spiro atoms. The van der Waals surface area contributed by atoms with Gasteiger partial charge in [-0.15, -0.1) is 0 Å². The zero-order valence-electron chi connectivity index (χ0n) is 15.0. The van der Waals surface area contributed by atoms with Crippen molar-refractivity contribution >= 4 is 56.9 Å². The van der Waals surface area contributed by atoms with Gasteiger partial charge in [0.2, 0.25) is 0 Å². The number of nitrogens with zero attached hydrogens (tertiary/aromatic N) is 2. The van der Waals surface area contributed by atoms with Crippen LogP contribution in [-0.2, 0) is 11.3 Å². The van der Waals surface area contributed by atoms with Gasteiger partial charge in [0.25, 0.3) is 5.91 Å². The number of ether oxygens (including phenoxy) is 1. The van der Waals surface area contributed by atoms with Crippen molar-refractivity contribution in [2.24, 2.45) is 4.99 Å². The van der Waals surface area contributed by atoms with E-state index in [0.29, 0.717) is 9.82 Å². The van der Waals surface area contributed by atoms with Crippen LogP contribution in [0.2, 0.25) is 5.02 Å². The number of aromatic nitrogens is 1. The summed E-state index contributed by atoms with van der Waals surface area (Å²) in [6, 6.07) is 13.3. The Morgan fingerprint density at radius 2 is 2.15 bits per heavy atom. The Kier molecular flexibility index (Phi) is 6.77. The lowest BCUT2D eigenvalue weighted by Gasteiger charge is -2.05. The minimum Gasteiger partial charge on any atom is -0.497 e. The van der Waals surface area contributed by atoms with Crippen molar-refractivity contribution in [3.63, 3.8) is 0 Å². The normalized spacial score (nSPS) is 12.2. The molecule has 140 valence electrons. The fourth-order valence-corrected chi connectivity index (χ4v) is 4.17. The summed E-state index contributed by atoms with van der Waals surface area (Å²) in [5.41, 5.74) is 1.81. The summed E-state index contributed by atoms with van der Waals surface area (Å²) in [4.78, 5) is 17.4. The molecule has 0 atom stereocenters. The third-order valence-electron chi connectivity index (χ3n) is 3.92. The van der Waals surface area contributed by atoms with E-state index in [-0.39, 0.29) is 5.91 Å². The molecule has 0 bridgehead atoms. The molecule has 0 saturated carbocycles. The van der Waals surface area contributed by atoms with Crippen LogP contribution in [0.1, 0.15) is 5.56 Å². The second-order valence-electron chi connectivity index (χ2n) is 5.67. The van der Waals surface area contributed by atoms with Gasteiger partial charge in [0.1, 0.15) is 5.75 Å². The second kappa shape index (κ2) is 9.26. The Morgan fingerprint density at radius 1 is 1.33 bits per heavy atom. The van der Waals surface area contributed by atoms with Crippen LogP contribution in [0, 0.1) is 0 Å². The van der Waals surface area contributed by atoms with Crippen molar-refractivity contribution in [1.29, 1.82) is 0 Å². The van der Waals surface area contributed by atoms with Crippen LogP contribution in [0.3, 0.4) is 0 Å². The number of carbonyl (C=O) groups is 1. The Balaban J connectivity index is 1.98. The molecule has 0 N–H and O–H groups in total. The van der Waals surface area contributed by atoms with Crippen LogP contribution < -0.4 is 9.54 Å². The Hall–Kier alpha value is -2.02. The maximum atomic E-state index is 12.4. The van der Waals surface area contributed by atoms with E-state index in [4.69, 9.17) is 16.3 Å². The van der Waals surface area contributed by atoms with E-state index in [0.717, 1.165) is 33.8 Å². The van der Waals surface area contributed by atoms with Crippen LogP contribution in [0.15, 0.2) is 53.5 Å². The van der Waals surface area contributed by atoms with Gasteiger partial charge in [-0.1, -0.05) is 41.1 Å². The van der Waals surface area contributed by atoms with Gasteiger partial charge < -0.3 is 9.30 Å². The van der Waals surface area contributed by atoms with E-state index in [1.54, 1.807) is 31.0 Å². The summed E-state index contributed by atoms with van der Waals surface area (Å²) in [6.45, 7) is 0.772. The van der Waals surface area contributed by atoms with Crippen LogP contribution in [0.4, 0.5) is 0 Å². The van der Waals surface area contributed by atoms with Crippen LogP contribution in [0.25, 0.3) is 16.3 Å². The van der Waals surface area contributed by atoms with Crippen molar-refractivity contribution in [1.82, 2.24) is 4.57 Å². The fraction of sp³-hybridized carbons (Fsp3) is 0.200. The molecule has 7 heteroatoms. The number of hydrogen-bond donors (Lipinski definition) is 0. The lowest BCUT2D eigenvalue weighted by molar-refractivity contribution is -0.113. The quantitative estimate of drug-likeness (QED) is 0.536. The van der Waals surface area contributed by atoms with Crippen molar-refractivity contribution < 1.29 is 9.53 Å². The van der Waals surface area contributed by atoms with E-state index in [1.807, 2.05) is 36.4 Å². The van der Waals surface area contributed by atoms with E-state index >= 15 is 0 Å². The number of benzene rings is 2. The van der Waals surface area contributed by atoms with E-state index in [1.165, 1.54) is 17.4 Å². The molecule has 0 saturated heterocycles. The number of thiazole rings is 1. The minimum absolute atomic E-state index is 0.314. The van der Waals surface area contributed by atoms with Gasteiger partial charge in [0.05, 0.1) is 17.3 Å². The maximum absolute atomic E-state index is 12.4. The van der Waals surface area contributed by atoms with Gasteiger partial charge in [0, 0.05) is 29.5 Å². The molecule has 4 nitrogen and oxygen atoms in total. The Bertz CT molecular complexity index is 1050. The average molecular weight is 419 g/mol. The number of halogens is 1. The molecule has 27 heavy (non-hydrogen) atoms. The molecule has 0 radical (unpaired) electrons. The highest BCUT2D eigenvalue weighted by Gasteiger charge is 2.08. The monoisotopic (exact) mass is 418 g/mol. The standard InChI is InChI=1S/C20H19ClN2O2S2/c1-25-15-8-9-18-17(13-15)23(11-12-26-2)20(27-18)22-19(24)10-7-14-5-3-4-6-16(14)21/h3-10,13H,11-12H2,1-2H3/b10-7+,22-20?. The van der Waals surface area contributed by atoms with E-state index in [2.05, 4.69) is 15.8 Å². The molecular formula is C20H19ClN2O2S2. The van der Waals surface area contributed by atoms with Crippen molar-refractivity contribution in [3.05, 3.63) is 63.9 Å². The summed E-state index contributed by atoms with van der Waals surface area (Å²) >= 11 is 9.37. The molecule has 3 aromatic rings. The smallest absolute Gasteiger partial charge is 0.272 e. The highest BCUT2D eigenvalue weighted by atomic mass is 35.5. The molecular weight excluding hydrogens is 400 g/mol. The van der Waals surface area contributed by atoms with Gasteiger partial charge in [0.15, 0.2) is 4.80 Å². The number of carbonyl (C=O) groups excluding carboxylic acids is 1. The van der Waals surface area contributed by atoms with Gasteiger partial charge in [-0.3, -0.25) is 4.79 Å². The molecule has 0 aliphatic rings. The first-order valence-electron chi connectivity index (χ1n) is 8.30. The molecule has 2 aromatic carbocycles. The first-order chi connectivity index (χ1) is 13.1. The summed E-state index contributed by atoms with van der Waals surface area (Å²) in [7, 11) is 1.65. The van der Waals surface area contributed by atoms with Crippen molar-refractivity contribution in [2.75, 3.05) is 19.1 Å². The largest absolute Gasteiger partial charge is 0.497 e. The number of methoxy groups -OCH3 is 1. The molecule has 0 aliphatic heterocycles. The molecule has 1 amide bonds. The van der Waals surface area contributed by atoms with Gasteiger partial charge >= 0.3 is 0 Å². The molecule has 1 aromatic heterocycles. The fourth-order valence-electron chi connectivity index (χ4n) is 2.56. The lowest BCUT2D eigenvalue weighted by Crippen LogP contribution is -2.17. The zero-order chi connectivity index (χ0) is 19.2. The number of aryl methyl sites for hydroxylation is 1. The summed E-state index contributed by atoms with van der Waals surface area (Å²) in [6.07, 6.45) is 5.20. The third kappa shape index (κ3) is 4.83. The average Bonchev–Trinajstić information content (AvgIpc) is 3.01. The molecule has 0 unspecified atom stereocenters. The topological polar surface area (TPSA) is 43.6 Å². The summed E-state index contributed by atoms with van der Waals surface area (Å²) < 4.78 is 8.47. The van der Waals surface area contributed by atoms with Gasteiger partial charge in [-0.25, -0.2) is 0 Å². The van der Waals surface area contributed by atoms with Gasteiger partial charge in [-0.05, 0) is 36.1 Å². The lowest BCUT2D eigenvalue weighted by atomic mass is 10.2. The number of amides is 1. The molecule has 1 heterocycles. The van der Waals surface area contributed by atoms with Crippen LogP contribution in [-0.4, -0.2) is 29.6 Å².